The summed E-state index contributed by atoms with van der Waals surface area (Å²) in [7, 11) is 0. The minimum atomic E-state index is -0.111. The molecule has 6 heteroatoms. The lowest BCUT2D eigenvalue weighted by molar-refractivity contribution is 0.0934. The molecule has 0 bridgehead atoms. The molecule has 2 heterocycles. The van der Waals surface area contributed by atoms with Crippen molar-refractivity contribution in [1.29, 1.82) is 0 Å². The van der Waals surface area contributed by atoms with Crippen molar-refractivity contribution in [2.45, 2.75) is 25.8 Å². The number of rotatable bonds is 7. The predicted octanol–water partition coefficient (Wildman–Crippen LogP) is 5.44. The van der Waals surface area contributed by atoms with Gasteiger partial charge in [0.25, 0.3) is 5.91 Å². The molecule has 1 aliphatic rings. The standard InChI is InChI=1S/C26H24N2O4/c1-17(7-8-18-5-3-2-4-6-18)27-26(29)23-14-19-13-20(9-11-22(19)28-23)32-21-10-12-24-25(15-21)31-16-30-24/h2-6,9-15,17,28H,7-8,16H2,1H3,(H,27,29)/t17-/m0/s1. The number of ether oxygens (including phenoxy) is 3. The van der Waals surface area contributed by atoms with Crippen LogP contribution in [-0.2, 0) is 6.42 Å². The molecule has 0 unspecified atom stereocenters. The molecule has 6 nitrogen and oxygen atoms in total. The van der Waals surface area contributed by atoms with Crippen LogP contribution in [0.4, 0.5) is 0 Å². The Balaban J connectivity index is 1.23. The largest absolute Gasteiger partial charge is 0.457 e. The molecular formula is C26H24N2O4. The van der Waals surface area contributed by atoms with Crippen molar-refractivity contribution in [2.75, 3.05) is 6.79 Å². The van der Waals surface area contributed by atoms with E-state index in [0.717, 1.165) is 23.7 Å². The smallest absolute Gasteiger partial charge is 0.267 e. The van der Waals surface area contributed by atoms with Gasteiger partial charge in [-0.25, -0.2) is 0 Å². The van der Waals surface area contributed by atoms with Gasteiger partial charge < -0.3 is 24.5 Å². The maximum Gasteiger partial charge on any atom is 0.267 e. The average Bonchev–Trinajstić information content (AvgIpc) is 3.44. The normalized spacial score (nSPS) is 13.2. The monoisotopic (exact) mass is 428 g/mol. The van der Waals surface area contributed by atoms with Gasteiger partial charge >= 0.3 is 0 Å². The van der Waals surface area contributed by atoms with Crippen molar-refractivity contribution < 1.29 is 19.0 Å². The maximum atomic E-state index is 12.7. The number of aromatic amines is 1. The number of H-pyrrole nitrogens is 1. The number of hydrogen-bond donors (Lipinski definition) is 2. The number of hydrogen-bond acceptors (Lipinski definition) is 4. The minimum absolute atomic E-state index is 0.0685. The quantitative estimate of drug-likeness (QED) is 0.411. The molecule has 0 aliphatic carbocycles. The third-order valence-corrected chi connectivity index (χ3v) is 5.50. The second-order valence-corrected chi connectivity index (χ2v) is 7.95. The number of nitrogens with one attached hydrogen (secondary N) is 2. The molecule has 1 aromatic heterocycles. The number of benzene rings is 3. The van der Waals surface area contributed by atoms with E-state index in [2.05, 4.69) is 22.4 Å². The van der Waals surface area contributed by atoms with E-state index < -0.39 is 0 Å². The molecule has 162 valence electrons. The number of fused-ring (bicyclic) bond motifs is 2. The van der Waals surface area contributed by atoms with Gasteiger partial charge in [-0.1, -0.05) is 30.3 Å². The SMILES string of the molecule is C[C@@H](CCc1ccccc1)NC(=O)c1cc2cc(Oc3ccc4c(c3)OCO4)ccc2[nH]1. The van der Waals surface area contributed by atoms with Gasteiger partial charge in [0.15, 0.2) is 11.5 Å². The zero-order chi connectivity index (χ0) is 21.9. The van der Waals surface area contributed by atoms with E-state index in [1.807, 2.05) is 61.5 Å². The number of carbonyl (C=O) groups is 1. The number of aryl methyl sites for hydroxylation is 1. The van der Waals surface area contributed by atoms with Gasteiger partial charge in [-0.05, 0) is 61.7 Å². The van der Waals surface area contributed by atoms with Crippen molar-refractivity contribution in [3.8, 4) is 23.0 Å². The van der Waals surface area contributed by atoms with E-state index in [9.17, 15) is 4.79 Å². The molecule has 5 rings (SSSR count). The van der Waals surface area contributed by atoms with E-state index >= 15 is 0 Å². The van der Waals surface area contributed by atoms with Crippen LogP contribution in [0.3, 0.4) is 0 Å². The summed E-state index contributed by atoms with van der Waals surface area (Å²) in [6, 6.07) is 23.4. The highest BCUT2D eigenvalue weighted by molar-refractivity contribution is 5.98. The maximum absolute atomic E-state index is 12.7. The molecular weight excluding hydrogens is 404 g/mol. The summed E-state index contributed by atoms with van der Waals surface area (Å²) in [5.74, 6) is 2.62. The second-order valence-electron chi connectivity index (χ2n) is 7.95. The summed E-state index contributed by atoms with van der Waals surface area (Å²) >= 11 is 0. The average molecular weight is 428 g/mol. The van der Waals surface area contributed by atoms with Crippen LogP contribution in [0.25, 0.3) is 10.9 Å². The Hall–Kier alpha value is -3.93. The zero-order valence-corrected chi connectivity index (χ0v) is 17.8. The Morgan fingerprint density at radius 1 is 1.00 bits per heavy atom. The van der Waals surface area contributed by atoms with Crippen molar-refractivity contribution in [1.82, 2.24) is 10.3 Å². The summed E-state index contributed by atoms with van der Waals surface area (Å²) in [4.78, 5) is 15.9. The highest BCUT2D eigenvalue weighted by atomic mass is 16.7. The predicted molar refractivity (Wildman–Crippen MR) is 123 cm³/mol. The van der Waals surface area contributed by atoms with Crippen molar-refractivity contribution >= 4 is 16.8 Å². The third kappa shape index (κ3) is 4.39. The van der Waals surface area contributed by atoms with Gasteiger partial charge in [-0.2, -0.15) is 0 Å². The van der Waals surface area contributed by atoms with Gasteiger partial charge in [0, 0.05) is 23.0 Å². The first kappa shape index (κ1) is 20.0. The van der Waals surface area contributed by atoms with Crippen molar-refractivity contribution in [2.24, 2.45) is 0 Å². The Kier molecular flexibility index (Phi) is 5.42. The molecule has 3 aromatic carbocycles. The van der Waals surface area contributed by atoms with E-state index in [0.29, 0.717) is 28.7 Å². The van der Waals surface area contributed by atoms with Gasteiger partial charge in [0.2, 0.25) is 6.79 Å². The fourth-order valence-corrected chi connectivity index (χ4v) is 3.77. The zero-order valence-electron chi connectivity index (χ0n) is 17.8. The Morgan fingerprint density at radius 2 is 1.78 bits per heavy atom. The Labute approximate surface area is 186 Å². The molecule has 1 atom stereocenters. The molecule has 0 saturated carbocycles. The molecule has 1 amide bonds. The first-order chi connectivity index (χ1) is 15.6. The second kappa shape index (κ2) is 8.67. The van der Waals surface area contributed by atoms with Crippen LogP contribution in [0.5, 0.6) is 23.0 Å². The van der Waals surface area contributed by atoms with E-state index in [1.165, 1.54) is 5.56 Å². The van der Waals surface area contributed by atoms with E-state index in [1.54, 1.807) is 6.07 Å². The molecule has 0 fully saturated rings. The molecule has 0 spiro atoms. The molecule has 32 heavy (non-hydrogen) atoms. The van der Waals surface area contributed by atoms with Crippen molar-refractivity contribution in [3.05, 3.63) is 84.1 Å². The summed E-state index contributed by atoms with van der Waals surface area (Å²) in [6.45, 7) is 2.25. The van der Waals surface area contributed by atoms with E-state index in [-0.39, 0.29) is 18.7 Å². The van der Waals surface area contributed by atoms with Gasteiger partial charge in [-0.15, -0.1) is 0 Å². The molecule has 0 saturated heterocycles. The van der Waals surface area contributed by atoms with Gasteiger partial charge in [0.1, 0.15) is 17.2 Å². The first-order valence-corrected chi connectivity index (χ1v) is 10.7. The lowest BCUT2D eigenvalue weighted by atomic mass is 10.1. The fourth-order valence-electron chi connectivity index (χ4n) is 3.77. The fraction of sp³-hybridized carbons (Fsp3) is 0.192. The van der Waals surface area contributed by atoms with Crippen LogP contribution in [0, 0.1) is 0 Å². The summed E-state index contributed by atoms with van der Waals surface area (Å²) in [5.41, 5.74) is 2.69. The minimum Gasteiger partial charge on any atom is -0.457 e. The molecule has 0 radical (unpaired) electrons. The molecule has 1 aliphatic heterocycles. The molecule has 2 N–H and O–H groups in total. The summed E-state index contributed by atoms with van der Waals surface area (Å²) in [6.07, 6.45) is 1.80. The lowest BCUT2D eigenvalue weighted by Crippen LogP contribution is -2.33. The van der Waals surface area contributed by atoms with Crippen LogP contribution in [0.1, 0.15) is 29.4 Å². The van der Waals surface area contributed by atoms with Crippen LogP contribution < -0.4 is 19.5 Å². The number of amides is 1. The van der Waals surface area contributed by atoms with Crippen LogP contribution >= 0.6 is 0 Å². The van der Waals surface area contributed by atoms with Crippen LogP contribution in [0.2, 0.25) is 0 Å². The highest BCUT2D eigenvalue weighted by Gasteiger charge is 2.15. The van der Waals surface area contributed by atoms with Crippen molar-refractivity contribution in [3.63, 3.8) is 0 Å². The van der Waals surface area contributed by atoms with Crippen LogP contribution in [-0.4, -0.2) is 23.7 Å². The summed E-state index contributed by atoms with van der Waals surface area (Å²) in [5, 5.41) is 3.99. The first-order valence-electron chi connectivity index (χ1n) is 10.7. The molecule has 4 aromatic rings. The Bertz CT molecular complexity index is 1250. The number of carbonyl (C=O) groups excluding carboxylic acids is 1. The topological polar surface area (TPSA) is 72.6 Å². The Morgan fingerprint density at radius 3 is 2.66 bits per heavy atom. The summed E-state index contributed by atoms with van der Waals surface area (Å²) < 4.78 is 16.7. The lowest BCUT2D eigenvalue weighted by Gasteiger charge is -2.13. The highest BCUT2D eigenvalue weighted by Crippen LogP contribution is 2.37. The third-order valence-electron chi connectivity index (χ3n) is 5.50. The van der Waals surface area contributed by atoms with Gasteiger partial charge in [-0.3, -0.25) is 4.79 Å². The van der Waals surface area contributed by atoms with Gasteiger partial charge in [0.05, 0.1) is 0 Å². The number of aromatic nitrogens is 1. The van der Waals surface area contributed by atoms with Crippen LogP contribution in [0.15, 0.2) is 72.8 Å². The van der Waals surface area contributed by atoms with E-state index in [4.69, 9.17) is 14.2 Å².